The molecule has 1 aromatic carbocycles. The third-order valence-corrected chi connectivity index (χ3v) is 3.34. The topological polar surface area (TPSA) is 42.0 Å². The van der Waals surface area contributed by atoms with Gasteiger partial charge >= 0.3 is 0 Å². The summed E-state index contributed by atoms with van der Waals surface area (Å²) in [6, 6.07) is 11.2. The van der Waals surface area contributed by atoms with Crippen LogP contribution < -0.4 is 5.32 Å². The van der Waals surface area contributed by atoms with Crippen molar-refractivity contribution in [1.82, 2.24) is 4.98 Å². The fraction of sp³-hybridized carbons (Fsp3) is 0.250. The van der Waals surface area contributed by atoms with Gasteiger partial charge in [-0.05, 0) is 42.7 Å². The fourth-order valence-electron chi connectivity index (χ4n) is 1.89. The molecule has 104 valence electrons. The second-order valence-electron chi connectivity index (χ2n) is 4.60. The molecule has 2 aromatic rings. The number of nitrogens with zero attached hydrogens (tertiary/aromatic N) is 1. The summed E-state index contributed by atoms with van der Waals surface area (Å²) >= 11 is 5.90. The lowest BCUT2D eigenvalue weighted by atomic mass is 10.1. The van der Waals surface area contributed by atoms with E-state index in [9.17, 15) is 4.79 Å². The minimum atomic E-state index is -0.246. The number of nitrogens with one attached hydrogen (secondary N) is 1. The van der Waals surface area contributed by atoms with E-state index in [1.807, 2.05) is 24.3 Å². The maximum absolute atomic E-state index is 12.1. The van der Waals surface area contributed by atoms with Crippen molar-refractivity contribution in [3.05, 3.63) is 58.9 Å². The molecule has 1 amide bonds. The summed E-state index contributed by atoms with van der Waals surface area (Å²) in [7, 11) is 0. The number of benzene rings is 1. The molecule has 0 bridgehead atoms. The number of hydrogen-bond donors (Lipinski definition) is 1. The molecule has 1 N–H and O–H groups in total. The number of aromatic nitrogens is 1. The monoisotopic (exact) mass is 288 g/mol. The Hall–Kier alpha value is -1.87. The number of aryl methyl sites for hydroxylation is 1. The third-order valence-electron chi connectivity index (χ3n) is 3.03. The van der Waals surface area contributed by atoms with Crippen LogP contribution in [0.2, 0.25) is 5.15 Å². The third kappa shape index (κ3) is 3.81. The average molecular weight is 289 g/mol. The van der Waals surface area contributed by atoms with Gasteiger partial charge in [-0.25, -0.2) is 4.98 Å². The number of unbranched alkanes of at least 4 members (excludes halogenated alkanes) is 1. The lowest BCUT2D eigenvalue weighted by molar-refractivity contribution is 0.102. The number of amides is 1. The molecule has 0 saturated carbocycles. The van der Waals surface area contributed by atoms with Gasteiger partial charge in [0.2, 0.25) is 0 Å². The molecule has 20 heavy (non-hydrogen) atoms. The minimum Gasteiger partial charge on any atom is -0.322 e. The number of rotatable bonds is 5. The molecule has 1 heterocycles. The zero-order chi connectivity index (χ0) is 14.4. The van der Waals surface area contributed by atoms with Gasteiger partial charge in [0.05, 0.1) is 5.56 Å². The van der Waals surface area contributed by atoms with Crippen molar-refractivity contribution >= 4 is 23.2 Å². The van der Waals surface area contributed by atoms with Gasteiger partial charge in [0.15, 0.2) is 0 Å². The highest BCUT2D eigenvalue weighted by Crippen LogP contribution is 2.16. The predicted molar refractivity (Wildman–Crippen MR) is 82.3 cm³/mol. The maximum atomic E-state index is 12.1. The van der Waals surface area contributed by atoms with Crippen molar-refractivity contribution in [2.75, 3.05) is 5.32 Å². The molecular formula is C16H17ClN2O. The predicted octanol–water partition coefficient (Wildman–Crippen LogP) is 4.33. The molecule has 3 nitrogen and oxygen atoms in total. The Kier molecular flexibility index (Phi) is 5.13. The molecule has 0 saturated heterocycles. The molecular weight excluding hydrogens is 272 g/mol. The Labute approximate surface area is 124 Å². The van der Waals surface area contributed by atoms with Crippen LogP contribution in [-0.4, -0.2) is 10.9 Å². The first-order valence-electron chi connectivity index (χ1n) is 6.71. The van der Waals surface area contributed by atoms with Crippen LogP contribution in [0.3, 0.4) is 0 Å². The van der Waals surface area contributed by atoms with Crippen molar-refractivity contribution < 1.29 is 4.79 Å². The van der Waals surface area contributed by atoms with E-state index >= 15 is 0 Å². The molecule has 0 aliphatic carbocycles. The molecule has 2 rings (SSSR count). The maximum Gasteiger partial charge on any atom is 0.258 e. The normalized spacial score (nSPS) is 10.3. The van der Waals surface area contributed by atoms with Crippen LogP contribution in [0.25, 0.3) is 0 Å². The first-order valence-corrected chi connectivity index (χ1v) is 7.09. The van der Waals surface area contributed by atoms with Gasteiger partial charge in [0.1, 0.15) is 5.15 Å². The summed E-state index contributed by atoms with van der Waals surface area (Å²) in [5, 5.41) is 3.03. The Balaban J connectivity index is 2.03. The van der Waals surface area contributed by atoms with Gasteiger partial charge in [0.25, 0.3) is 5.91 Å². The highest BCUT2D eigenvalue weighted by Gasteiger charge is 2.10. The fourth-order valence-corrected chi connectivity index (χ4v) is 2.09. The van der Waals surface area contributed by atoms with E-state index in [1.165, 1.54) is 18.4 Å². The number of anilines is 1. The van der Waals surface area contributed by atoms with E-state index < -0.39 is 0 Å². The molecule has 0 aliphatic rings. The molecule has 4 heteroatoms. The minimum absolute atomic E-state index is 0.213. The largest absolute Gasteiger partial charge is 0.322 e. The number of carbonyl (C=O) groups is 1. The van der Waals surface area contributed by atoms with Crippen LogP contribution in [0.5, 0.6) is 0 Å². The van der Waals surface area contributed by atoms with Gasteiger partial charge in [-0.15, -0.1) is 0 Å². The number of carbonyl (C=O) groups excluding carboxylic acids is 1. The molecule has 0 radical (unpaired) electrons. The Morgan fingerprint density at radius 2 is 2.00 bits per heavy atom. The molecule has 0 aliphatic heterocycles. The molecule has 0 spiro atoms. The summed E-state index contributed by atoms with van der Waals surface area (Å²) in [6.45, 7) is 2.17. The van der Waals surface area contributed by atoms with Crippen molar-refractivity contribution in [3.8, 4) is 0 Å². The molecule has 0 fully saturated rings. The summed E-state index contributed by atoms with van der Waals surface area (Å²) in [6.07, 6.45) is 4.98. The van der Waals surface area contributed by atoms with Crippen LogP contribution >= 0.6 is 11.6 Å². The van der Waals surface area contributed by atoms with Gasteiger partial charge < -0.3 is 5.32 Å². The van der Waals surface area contributed by atoms with Crippen LogP contribution in [0.15, 0.2) is 42.6 Å². The molecule has 0 unspecified atom stereocenters. The highest BCUT2D eigenvalue weighted by molar-refractivity contribution is 6.33. The molecule has 1 aromatic heterocycles. The Morgan fingerprint density at radius 3 is 2.65 bits per heavy atom. The van der Waals surface area contributed by atoms with E-state index in [4.69, 9.17) is 11.6 Å². The van der Waals surface area contributed by atoms with Crippen molar-refractivity contribution in [2.45, 2.75) is 26.2 Å². The van der Waals surface area contributed by atoms with Crippen molar-refractivity contribution in [3.63, 3.8) is 0 Å². The Bertz CT molecular complexity index is 581. The van der Waals surface area contributed by atoms with Crippen molar-refractivity contribution in [2.24, 2.45) is 0 Å². The van der Waals surface area contributed by atoms with E-state index in [0.29, 0.717) is 5.56 Å². The van der Waals surface area contributed by atoms with Gasteiger partial charge in [0, 0.05) is 11.9 Å². The van der Waals surface area contributed by atoms with E-state index in [0.717, 1.165) is 12.1 Å². The van der Waals surface area contributed by atoms with Crippen LogP contribution in [0.1, 0.15) is 35.7 Å². The molecule has 0 atom stereocenters. The average Bonchev–Trinajstić information content (AvgIpc) is 2.47. The summed E-state index contributed by atoms with van der Waals surface area (Å²) in [5.74, 6) is -0.246. The zero-order valence-corrected chi connectivity index (χ0v) is 12.2. The van der Waals surface area contributed by atoms with E-state index in [2.05, 4.69) is 17.2 Å². The Morgan fingerprint density at radius 1 is 1.25 bits per heavy atom. The number of halogens is 1. The second-order valence-corrected chi connectivity index (χ2v) is 4.95. The van der Waals surface area contributed by atoms with Crippen molar-refractivity contribution in [1.29, 1.82) is 0 Å². The van der Waals surface area contributed by atoms with Gasteiger partial charge in [-0.3, -0.25) is 4.79 Å². The smallest absolute Gasteiger partial charge is 0.258 e. The first-order chi connectivity index (χ1) is 9.70. The second kappa shape index (κ2) is 7.06. The number of hydrogen-bond acceptors (Lipinski definition) is 2. The standard InChI is InChI=1S/C16H17ClN2O/c1-2-3-5-12-7-9-13(10-8-12)19-16(20)14-6-4-11-18-15(14)17/h4,6-11H,2-3,5H2,1H3,(H,19,20). The van der Waals surface area contributed by atoms with Crippen LogP contribution in [0, 0.1) is 0 Å². The SMILES string of the molecule is CCCCc1ccc(NC(=O)c2cccnc2Cl)cc1. The first kappa shape index (κ1) is 14.5. The summed E-state index contributed by atoms with van der Waals surface area (Å²) in [5.41, 5.74) is 2.42. The number of pyridine rings is 1. The lowest BCUT2D eigenvalue weighted by Gasteiger charge is -2.07. The zero-order valence-electron chi connectivity index (χ0n) is 11.4. The summed E-state index contributed by atoms with van der Waals surface area (Å²) in [4.78, 5) is 16.0. The summed E-state index contributed by atoms with van der Waals surface area (Å²) < 4.78 is 0. The lowest BCUT2D eigenvalue weighted by Crippen LogP contribution is -2.12. The van der Waals surface area contributed by atoms with Crippen LogP contribution in [-0.2, 0) is 6.42 Å². The van der Waals surface area contributed by atoms with Gasteiger partial charge in [-0.2, -0.15) is 0 Å². The van der Waals surface area contributed by atoms with Crippen LogP contribution in [0.4, 0.5) is 5.69 Å². The van der Waals surface area contributed by atoms with Gasteiger partial charge in [-0.1, -0.05) is 37.1 Å². The highest BCUT2D eigenvalue weighted by atomic mass is 35.5. The quantitative estimate of drug-likeness (QED) is 0.832. The van der Waals surface area contributed by atoms with E-state index in [-0.39, 0.29) is 11.1 Å². The van der Waals surface area contributed by atoms with E-state index in [1.54, 1.807) is 18.3 Å².